The molecule has 1 unspecified atom stereocenters. The zero-order chi connectivity index (χ0) is 16.7. The van der Waals surface area contributed by atoms with E-state index in [1.54, 1.807) is 0 Å². The minimum absolute atomic E-state index is 0.0535. The largest absolute Gasteiger partial charge is 0.336 e. The Hall–Kier alpha value is -1.95. The number of carbonyl (C=O) groups is 1. The van der Waals surface area contributed by atoms with Crippen LogP contribution in [-0.2, 0) is 6.42 Å². The topological polar surface area (TPSA) is 85.2 Å². The molecule has 0 aromatic carbocycles. The van der Waals surface area contributed by atoms with Gasteiger partial charge < -0.3 is 15.2 Å². The summed E-state index contributed by atoms with van der Waals surface area (Å²) in [4.78, 5) is 19.8. The Morgan fingerprint density at radius 3 is 2.96 bits per heavy atom. The van der Waals surface area contributed by atoms with Crippen LogP contribution in [0.25, 0.3) is 11.1 Å². The van der Waals surface area contributed by atoms with Crippen molar-refractivity contribution in [3.63, 3.8) is 0 Å². The zero-order valence-corrected chi connectivity index (χ0v) is 14.1. The summed E-state index contributed by atoms with van der Waals surface area (Å²) in [5, 5.41) is 4.98. The zero-order valence-electron chi connectivity index (χ0n) is 14.1. The van der Waals surface area contributed by atoms with E-state index in [9.17, 15) is 4.79 Å². The van der Waals surface area contributed by atoms with Crippen LogP contribution in [0.4, 0.5) is 0 Å². The first-order valence-electron chi connectivity index (χ1n) is 9.03. The number of fused-ring (bicyclic) bond motifs is 1. The predicted molar refractivity (Wildman–Crippen MR) is 90.9 cm³/mol. The van der Waals surface area contributed by atoms with Crippen molar-refractivity contribution in [3.8, 4) is 0 Å². The number of rotatable bonds is 5. The van der Waals surface area contributed by atoms with Gasteiger partial charge >= 0.3 is 0 Å². The van der Waals surface area contributed by atoms with Crippen LogP contribution in [0.15, 0.2) is 10.6 Å². The van der Waals surface area contributed by atoms with E-state index in [2.05, 4.69) is 17.1 Å². The van der Waals surface area contributed by atoms with Crippen molar-refractivity contribution in [1.29, 1.82) is 0 Å². The van der Waals surface area contributed by atoms with E-state index < -0.39 is 0 Å². The van der Waals surface area contributed by atoms with Crippen molar-refractivity contribution in [3.05, 3.63) is 23.0 Å². The monoisotopic (exact) mass is 328 g/mol. The molecule has 0 radical (unpaired) electrons. The van der Waals surface area contributed by atoms with Gasteiger partial charge in [-0.1, -0.05) is 18.5 Å². The van der Waals surface area contributed by atoms with E-state index in [4.69, 9.17) is 10.3 Å². The quantitative estimate of drug-likeness (QED) is 0.912. The van der Waals surface area contributed by atoms with Gasteiger partial charge in [-0.3, -0.25) is 4.79 Å². The number of nitrogens with two attached hydrogens (primary N) is 1. The van der Waals surface area contributed by atoms with Gasteiger partial charge in [-0.2, -0.15) is 0 Å². The summed E-state index contributed by atoms with van der Waals surface area (Å²) >= 11 is 0. The molecule has 0 spiro atoms. The van der Waals surface area contributed by atoms with Crippen LogP contribution < -0.4 is 5.73 Å². The lowest BCUT2D eigenvalue weighted by Gasteiger charge is -2.24. The highest BCUT2D eigenvalue weighted by Gasteiger charge is 2.33. The molecule has 0 bridgehead atoms. The average molecular weight is 328 g/mol. The highest BCUT2D eigenvalue weighted by atomic mass is 16.5. The Balaban J connectivity index is 1.81. The van der Waals surface area contributed by atoms with E-state index in [0.29, 0.717) is 23.7 Å². The molecule has 2 aromatic rings. The van der Waals surface area contributed by atoms with E-state index in [-0.39, 0.29) is 11.9 Å². The van der Waals surface area contributed by atoms with E-state index in [1.165, 1.54) is 0 Å². The van der Waals surface area contributed by atoms with Crippen molar-refractivity contribution in [2.45, 2.75) is 57.4 Å². The Kier molecular flexibility index (Phi) is 4.00. The second-order valence-electron chi connectivity index (χ2n) is 6.96. The number of aromatic nitrogens is 2. The molecule has 1 aliphatic heterocycles. The summed E-state index contributed by atoms with van der Waals surface area (Å²) < 4.78 is 5.47. The third kappa shape index (κ3) is 2.59. The Labute approximate surface area is 141 Å². The third-order valence-corrected chi connectivity index (χ3v) is 5.16. The van der Waals surface area contributed by atoms with Gasteiger partial charge in [-0.15, -0.1) is 0 Å². The van der Waals surface area contributed by atoms with Gasteiger partial charge in [-0.05, 0) is 38.2 Å². The third-order valence-electron chi connectivity index (χ3n) is 5.16. The molecule has 2 aromatic heterocycles. The number of likely N-dealkylation sites (tertiary alicyclic amines) is 1. The van der Waals surface area contributed by atoms with Crippen molar-refractivity contribution in [2.24, 2.45) is 5.73 Å². The van der Waals surface area contributed by atoms with Gasteiger partial charge in [0.1, 0.15) is 0 Å². The SMILES string of the molecule is CCCc1noc2nc(C3CC3)cc(C(=O)N3CCCC3CN)c12. The number of carbonyl (C=O) groups excluding carboxylic acids is 1. The lowest BCUT2D eigenvalue weighted by molar-refractivity contribution is 0.0743. The molecule has 128 valence electrons. The summed E-state index contributed by atoms with van der Waals surface area (Å²) in [5.74, 6) is 0.516. The fourth-order valence-electron chi connectivity index (χ4n) is 3.70. The summed E-state index contributed by atoms with van der Waals surface area (Å²) in [6, 6.07) is 2.12. The first kappa shape index (κ1) is 15.6. The van der Waals surface area contributed by atoms with Crippen LogP contribution >= 0.6 is 0 Å². The van der Waals surface area contributed by atoms with Gasteiger partial charge in [0.15, 0.2) is 0 Å². The van der Waals surface area contributed by atoms with Crippen molar-refractivity contribution < 1.29 is 9.32 Å². The number of hydrogen-bond donors (Lipinski definition) is 1. The fourth-order valence-corrected chi connectivity index (χ4v) is 3.70. The molecular weight excluding hydrogens is 304 g/mol. The van der Waals surface area contributed by atoms with E-state index >= 15 is 0 Å². The average Bonchev–Trinajstić information content (AvgIpc) is 3.21. The van der Waals surface area contributed by atoms with Crippen LogP contribution in [0.5, 0.6) is 0 Å². The normalized spacial score (nSPS) is 20.9. The molecule has 6 heteroatoms. The first-order chi connectivity index (χ1) is 11.7. The van der Waals surface area contributed by atoms with Gasteiger partial charge in [0.25, 0.3) is 11.6 Å². The van der Waals surface area contributed by atoms with Crippen molar-refractivity contribution in [1.82, 2.24) is 15.0 Å². The minimum atomic E-state index is 0.0535. The van der Waals surface area contributed by atoms with Crippen LogP contribution in [0.2, 0.25) is 0 Å². The number of aryl methyl sites for hydroxylation is 1. The molecular formula is C18H24N4O2. The summed E-state index contributed by atoms with van der Waals surface area (Å²) in [7, 11) is 0. The van der Waals surface area contributed by atoms with Crippen LogP contribution in [0.1, 0.15) is 66.7 Å². The Morgan fingerprint density at radius 1 is 1.42 bits per heavy atom. The maximum absolute atomic E-state index is 13.3. The van der Waals surface area contributed by atoms with Gasteiger partial charge in [0, 0.05) is 30.7 Å². The van der Waals surface area contributed by atoms with Gasteiger partial charge in [0.05, 0.1) is 16.6 Å². The lowest BCUT2D eigenvalue weighted by Crippen LogP contribution is -2.40. The summed E-state index contributed by atoms with van der Waals surface area (Å²) in [5.41, 5.74) is 8.88. The molecule has 1 aliphatic carbocycles. The van der Waals surface area contributed by atoms with Crippen LogP contribution in [0, 0.1) is 0 Å². The molecule has 2 N–H and O–H groups in total. The van der Waals surface area contributed by atoms with Crippen molar-refractivity contribution in [2.75, 3.05) is 13.1 Å². The first-order valence-corrected chi connectivity index (χ1v) is 9.03. The van der Waals surface area contributed by atoms with Crippen LogP contribution in [0.3, 0.4) is 0 Å². The summed E-state index contributed by atoms with van der Waals surface area (Å²) in [6.45, 7) is 3.39. The Morgan fingerprint density at radius 2 is 2.25 bits per heavy atom. The fraction of sp³-hybridized carbons (Fsp3) is 0.611. The molecule has 6 nitrogen and oxygen atoms in total. The number of hydrogen-bond acceptors (Lipinski definition) is 5. The maximum Gasteiger partial charge on any atom is 0.259 e. The minimum Gasteiger partial charge on any atom is -0.336 e. The molecule has 1 saturated heterocycles. The second-order valence-corrected chi connectivity index (χ2v) is 6.96. The molecule has 1 amide bonds. The molecule has 3 heterocycles. The van der Waals surface area contributed by atoms with E-state index in [0.717, 1.165) is 61.8 Å². The lowest BCUT2D eigenvalue weighted by atomic mass is 10.0. The summed E-state index contributed by atoms with van der Waals surface area (Å²) in [6.07, 6.45) is 6.02. The highest BCUT2D eigenvalue weighted by molar-refractivity contribution is 6.06. The maximum atomic E-state index is 13.3. The van der Waals surface area contributed by atoms with Crippen LogP contribution in [-0.4, -0.2) is 40.1 Å². The number of amides is 1. The number of pyridine rings is 1. The van der Waals surface area contributed by atoms with Gasteiger partial charge in [-0.25, -0.2) is 4.98 Å². The highest BCUT2D eigenvalue weighted by Crippen LogP contribution is 2.41. The van der Waals surface area contributed by atoms with Gasteiger partial charge in [0.2, 0.25) is 0 Å². The predicted octanol–water partition coefficient (Wildman–Crippen LogP) is 2.62. The van der Waals surface area contributed by atoms with E-state index in [1.807, 2.05) is 11.0 Å². The molecule has 24 heavy (non-hydrogen) atoms. The molecule has 2 aliphatic rings. The Bertz CT molecular complexity index is 766. The number of nitrogens with zero attached hydrogens (tertiary/aromatic N) is 3. The van der Waals surface area contributed by atoms with Crippen molar-refractivity contribution >= 4 is 17.0 Å². The molecule has 2 fully saturated rings. The smallest absolute Gasteiger partial charge is 0.259 e. The molecule has 4 rings (SSSR count). The molecule has 1 atom stereocenters. The second kappa shape index (κ2) is 6.16. The molecule has 1 saturated carbocycles. The standard InChI is InChI=1S/C18H24N4O2/c1-2-4-14-16-13(18(23)22-8-3-5-12(22)10-19)9-15(11-6-7-11)20-17(16)24-21-14/h9,11-12H,2-8,10,19H2,1H3.